The van der Waals surface area contributed by atoms with E-state index in [1.54, 1.807) is 0 Å². The molecule has 0 radical (unpaired) electrons. The number of terminal acetylenes is 1. The molecule has 0 bridgehead atoms. The van der Waals surface area contributed by atoms with Crippen LogP contribution in [-0.2, 0) is 0 Å². The van der Waals surface area contributed by atoms with Gasteiger partial charge in [0, 0.05) is 11.8 Å². The molecule has 0 fully saturated rings. The standard InChI is InChI=1S/C7H10BrF/c1-2-3-4-5-7(9)6-8/h1,7H,3-6H2/t7-/m0/s1. The molecule has 0 aromatic heterocycles. The fourth-order valence-electron chi connectivity index (χ4n) is 0.503. The first-order chi connectivity index (χ1) is 4.31. The summed E-state index contributed by atoms with van der Waals surface area (Å²) in [5.41, 5.74) is 0. The predicted molar refractivity (Wildman–Crippen MR) is 41.4 cm³/mol. The van der Waals surface area contributed by atoms with Gasteiger partial charge in [-0.15, -0.1) is 12.3 Å². The molecule has 0 aromatic rings. The van der Waals surface area contributed by atoms with E-state index in [0.717, 1.165) is 6.42 Å². The number of unbranched alkanes of at least 4 members (excludes halogenated alkanes) is 1. The molecule has 1 atom stereocenters. The SMILES string of the molecule is C#CCCC[C@H](F)CBr. The maximum atomic E-state index is 12.3. The van der Waals surface area contributed by atoms with Crippen LogP contribution in [0.25, 0.3) is 0 Å². The zero-order chi connectivity index (χ0) is 7.11. The molecule has 0 N–H and O–H groups in total. The molecule has 0 aliphatic rings. The first-order valence-electron chi connectivity index (χ1n) is 2.94. The summed E-state index contributed by atoms with van der Waals surface area (Å²) in [6.07, 6.45) is 6.31. The van der Waals surface area contributed by atoms with Gasteiger partial charge in [-0.3, -0.25) is 0 Å². The van der Waals surface area contributed by atoms with Crippen molar-refractivity contribution in [2.45, 2.75) is 25.4 Å². The topological polar surface area (TPSA) is 0 Å². The summed E-state index contributed by atoms with van der Waals surface area (Å²) >= 11 is 3.04. The maximum absolute atomic E-state index is 12.3. The monoisotopic (exact) mass is 192 g/mol. The van der Waals surface area contributed by atoms with Gasteiger partial charge in [-0.2, -0.15) is 0 Å². The molecule has 0 amide bonds. The van der Waals surface area contributed by atoms with E-state index >= 15 is 0 Å². The van der Waals surface area contributed by atoms with Gasteiger partial charge in [-0.25, -0.2) is 4.39 Å². The van der Waals surface area contributed by atoms with E-state index in [1.165, 1.54) is 0 Å². The second-order valence-electron chi connectivity index (χ2n) is 1.85. The second-order valence-corrected chi connectivity index (χ2v) is 2.50. The van der Waals surface area contributed by atoms with Crippen molar-refractivity contribution in [3.8, 4) is 12.3 Å². The number of hydrogen-bond donors (Lipinski definition) is 0. The quantitative estimate of drug-likeness (QED) is 0.365. The van der Waals surface area contributed by atoms with Crippen LogP contribution in [0, 0.1) is 12.3 Å². The van der Waals surface area contributed by atoms with Crippen LogP contribution in [0.1, 0.15) is 19.3 Å². The molecule has 52 valence electrons. The summed E-state index contributed by atoms with van der Waals surface area (Å²) in [6, 6.07) is 0. The zero-order valence-electron chi connectivity index (χ0n) is 5.24. The lowest BCUT2D eigenvalue weighted by Gasteiger charge is -1.99. The molecule has 0 aromatic carbocycles. The fraction of sp³-hybridized carbons (Fsp3) is 0.714. The number of halogens is 2. The van der Waals surface area contributed by atoms with Gasteiger partial charge in [0.2, 0.25) is 0 Å². The van der Waals surface area contributed by atoms with Crippen molar-refractivity contribution in [3.05, 3.63) is 0 Å². The van der Waals surface area contributed by atoms with E-state index in [4.69, 9.17) is 6.42 Å². The van der Waals surface area contributed by atoms with Crippen LogP contribution in [0.15, 0.2) is 0 Å². The molecule has 0 spiro atoms. The van der Waals surface area contributed by atoms with Crippen molar-refractivity contribution < 1.29 is 4.39 Å². The Hall–Kier alpha value is -0.0300. The summed E-state index contributed by atoms with van der Waals surface area (Å²) in [5, 5.41) is 0.428. The van der Waals surface area contributed by atoms with Crippen molar-refractivity contribution >= 4 is 15.9 Å². The van der Waals surface area contributed by atoms with Crippen LogP contribution >= 0.6 is 15.9 Å². The summed E-state index contributed by atoms with van der Waals surface area (Å²) in [4.78, 5) is 0. The van der Waals surface area contributed by atoms with Gasteiger partial charge in [-0.05, 0) is 12.8 Å². The van der Waals surface area contributed by atoms with E-state index in [-0.39, 0.29) is 0 Å². The molecular weight excluding hydrogens is 183 g/mol. The van der Waals surface area contributed by atoms with Gasteiger partial charge in [0.1, 0.15) is 6.17 Å². The Labute approximate surface area is 64.0 Å². The molecule has 0 rings (SSSR count). The minimum Gasteiger partial charge on any atom is -0.247 e. The first-order valence-corrected chi connectivity index (χ1v) is 4.07. The molecular formula is C7H10BrF. The lowest BCUT2D eigenvalue weighted by molar-refractivity contribution is 0.343. The summed E-state index contributed by atoms with van der Waals surface area (Å²) in [5.74, 6) is 2.47. The van der Waals surface area contributed by atoms with Gasteiger partial charge in [0.15, 0.2) is 0 Å². The fourth-order valence-corrected chi connectivity index (χ4v) is 0.827. The van der Waals surface area contributed by atoms with Crippen LogP contribution < -0.4 is 0 Å². The molecule has 0 saturated heterocycles. The van der Waals surface area contributed by atoms with Gasteiger partial charge in [0.05, 0.1) is 0 Å². The average molecular weight is 193 g/mol. The molecule has 2 heteroatoms. The third kappa shape index (κ3) is 5.85. The number of alkyl halides is 2. The van der Waals surface area contributed by atoms with Crippen molar-refractivity contribution in [2.24, 2.45) is 0 Å². The molecule has 0 unspecified atom stereocenters. The van der Waals surface area contributed by atoms with Crippen molar-refractivity contribution in [3.63, 3.8) is 0 Å². The van der Waals surface area contributed by atoms with Crippen LogP contribution in [0.3, 0.4) is 0 Å². The van der Waals surface area contributed by atoms with Crippen LogP contribution in [0.4, 0.5) is 4.39 Å². The highest BCUT2D eigenvalue weighted by molar-refractivity contribution is 9.09. The Morgan fingerprint density at radius 1 is 1.67 bits per heavy atom. The summed E-state index contributed by atoms with van der Waals surface area (Å²) < 4.78 is 12.3. The van der Waals surface area contributed by atoms with E-state index in [1.807, 2.05) is 0 Å². The van der Waals surface area contributed by atoms with E-state index in [2.05, 4.69) is 21.9 Å². The van der Waals surface area contributed by atoms with Crippen molar-refractivity contribution in [2.75, 3.05) is 5.33 Å². The van der Waals surface area contributed by atoms with Gasteiger partial charge in [0.25, 0.3) is 0 Å². The first kappa shape index (κ1) is 8.97. The lowest BCUT2D eigenvalue weighted by atomic mass is 10.2. The highest BCUT2D eigenvalue weighted by Gasteiger charge is 2.01. The van der Waals surface area contributed by atoms with Crippen molar-refractivity contribution in [1.82, 2.24) is 0 Å². The third-order valence-corrected chi connectivity index (χ3v) is 1.71. The zero-order valence-corrected chi connectivity index (χ0v) is 6.83. The van der Waals surface area contributed by atoms with Crippen molar-refractivity contribution in [1.29, 1.82) is 0 Å². The maximum Gasteiger partial charge on any atom is 0.110 e. The Bertz CT molecular complexity index is 95.6. The van der Waals surface area contributed by atoms with E-state index in [0.29, 0.717) is 18.2 Å². The summed E-state index contributed by atoms with van der Waals surface area (Å²) in [6.45, 7) is 0. The Morgan fingerprint density at radius 2 is 2.33 bits per heavy atom. The van der Waals surface area contributed by atoms with Crippen LogP contribution in [0.5, 0.6) is 0 Å². The molecule has 9 heavy (non-hydrogen) atoms. The third-order valence-electron chi connectivity index (χ3n) is 1.01. The second kappa shape index (κ2) is 6.10. The van der Waals surface area contributed by atoms with Gasteiger partial charge < -0.3 is 0 Å². The normalized spacial score (nSPS) is 12.6. The van der Waals surface area contributed by atoms with Gasteiger partial charge >= 0.3 is 0 Å². The molecule has 0 heterocycles. The van der Waals surface area contributed by atoms with E-state index in [9.17, 15) is 4.39 Å². The van der Waals surface area contributed by atoms with Crippen LogP contribution in [0.2, 0.25) is 0 Å². The molecule has 0 aliphatic heterocycles. The average Bonchev–Trinajstić information content (AvgIpc) is 1.89. The number of hydrogen-bond acceptors (Lipinski definition) is 0. The highest BCUT2D eigenvalue weighted by Crippen LogP contribution is 2.06. The molecule has 0 aliphatic carbocycles. The predicted octanol–water partition coefficient (Wildman–Crippen LogP) is 2.52. The minimum absolute atomic E-state index is 0.428. The molecule has 0 saturated carbocycles. The van der Waals surface area contributed by atoms with E-state index < -0.39 is 6.17 Å². The Morgan fingerprint density at radius 3 is 2.78 bits per heavy atom. The Balaban J connectivity index is 2.99. The summed E-state index contributed by atoms with van der Waals surface area (Å²) in [7, 11) is 0. The van der Waals surface area contributed by atoms with Crippen LogP contribution in [-0.4, -0.2) is 11.5 Å². The largest absolute Gasteiger partial charge is 0.247 e. The van der Waals surface area contributed by atoms with Gasteiger partial charge in [-0.1, -0.05) is 15.9 Å². The molecule has 0 nitrogen and oxygen atoms in total. The number of rotatable bonds is 4. The minimum atomic E-state index is -0.724. The Kier molecular flexibility index (Phi) is 6.08. The lowest BCUT2D eigenvalue weighted by Crippen LogP contribution is -1.99. The smallest absolute Gasteiger partial charge is 0.110 e. The highest BCUT2D eigenvalue weighted by atomic mass is 79.9.